The summed E-state index contributed by atoms with van der Waals surface area (Å²) in [7, 11) is 3.84. The van der Waals surface area contributed by atoms with E-state index in [1.54, 1.807) is 0 Å². The van der Waals surface area contributed by atoms with E-state index in [-0.39, 0.29) is 5.91 Å². The van der Waals surface area contributed by atoms with Gasteiger partial charge in [0.15, 0.2) is 0 Å². The van der Waals surface area contributed by atoms with Gasteiger partial charge in [0.05, 0.1) is 6.42 Å². The lowest BCUT2D eigenvalue weighted by Gasteiger charge is -2.16. The van der Waals surface area contributed by atoms with Gasteiger partial charge in [0, 0.05) is 33.0 Å². The predicted octanol–water partition coefficient (Wildman–Crippen LogP) is 1.83. The maximum Gasteiger partial charge on any atom is 0.226 e. The van der Waals surface area contributed by atoms with Crippen LogP contribution in [0.3, 0.4) is 0 Å². The molecule has 1 heterocycles. The Labute approximate surface area is 91.7 Å². The second-order valence-electron chi connectivity index (χ2n) is 4.03. The van der Waals surface area contributed by atoms with Crippen molar-refractivity contribution < 1.29 is 4.79 Å². The molecular formula is C12H20N2O. The molecule has 1 rings (SSSR count). The maximum absolute atomic E-state index is 11.7. The lowest BCUT2D eigenvalue weighted by molar-refractivity contribution is -0.129. The molecule has 1 aromatic rings. The minimum atomic E-state index is 0.203. The van der Waals surface area contributed by atoms with Crippen LogP contribution in [0, 0.1) is 0 Å². The Morgan fingerprint density at radius 2 is 2.27 bits per heavy atom. The van der Waals surface area contributed by atoms with E-state index < -0.39 is 0 Å². The van der Waals surface area contributed by atoms with Crippen molar-refractivity contribution in [3.05, 3.63) is 24.0 Å². The second-order valence-corrected chi connectivity index (χ2v) is 4.03. The summed E-state index contributed by atoms with van der Waals surface area (Å²) in [5.41, 5.74) is 1.09. The molecule has 15 heavy (non-hydrogen) atoms. The summed E-state index contributed by atoms with van der Waals surface area (Å²) < 4.78 is 1.97. The summed E-state index contributed by atoms with van der Waals surface area (Å²) in [6.07, 6.45) is 6.68. The van der Waals surface area contributed by atoms with Crippen molar-refractivity contribution in [1.82, 2.24) is 9.47 Å². The molecule has 0 aliphatic carbocycles. The van der Waals surface area contributed by atoms with Gasteiger partial charge in [-0.1, -0.05) is 13.3 Å². The predicted molar refractivity (Wildman–Crippen MR) is 61.7 cm³/mol. The normalized spacial score (nSPS) is 10.3. The SMILES string of the molecule is CCCCN(C)C(=O)Cc1ccn(C)c1. The average Bonchev–Trinajstić information content (AvgIpc) is 2.60. The van der Waals surface area contributed by atoms with Crippen LogP contribution < -0.4 is 0 Å². The first-order valence-corrected chi connectivity index (χ1v) is 5.48. The molecule has 0 N–H and O–H groups in total. The number of unbranched alkanes of at least 4 members (excludes halogenated alkanes) is 1. The van der Waals surface area contributed by atoms with Gasteiger partial charge in [0.25, 0.3) is 0 Å². The highest BCUT2D eigenvalue weighted by Gasteiger charge is 2.09. The number of aromatic nitrogens is 1. The van der Waals surface area contributed by atoms with E-state index in [1.807, 2.05) is 42.0 Å². The Morgan fingerprint density at radius 3 is 2.80 bits per heavy atom. The van der Waals surface area contributed by atoms with Crippen LogP contribution in [0.2, 0.25) is 0 Å². The Morgan fingerprint density at radius 1 is 1.53 bits per heavy atom. The van der Waals surface area contributed by atoms with Crippen LogP contribution in [0.25, 0.3) is 0 Å². The Balaban J connectivity index is 2.41. The number of nitrogens with zero attached hydrogens (tertiary/aromatic N) is 2. The van der Waals surface area contributed by atoms with Crippen LogP contribution in [0.15, 0.2) is 18.5 Å². The lowest BCUT2D eigenvalue weighted by Crippen LogP contribution is -2.28. The van der Waals surface area contributed by atoms with Crippen LogP contribution in [-0.2, 0) is 18.3 Å². The van der Waals surface area contributed by atoms with Crippen LogP contribution in [0.5, 0.6) is 0 Å². The molecule has 3 heteroatoms. The first kappa shape index (κ1) is 11.8. The molecule has 84 valence electrons. The van der Waals surface area contributed by atoms with Crippen molar-refractivity contribution in [3.63, 3.8) is 0 Å². The van der Waals surface area contributed by atoms with Gasteiger partial charge in [-0.05, 0) is 18.1 Å². The molecule has 0 aromatic carbocycles. The maximum atomic E-state index is 11.7. The zero-order valence-corrected chi connectivity index (χ0v) is 9.86. The molecular weight excluding hydrogens is 188 g/mol. The molecule has 0 bridgehead atoms. The molecule has 1 aromatic heterocycles. The largest absolute Gasteiger partial charge is 0.357 e. The molecule has 0 aliphatic heterocycles. The molecule has 0 fully saturated rings. The number of carbonyl (C=O) groups excluding carboxylic acids is 1. The Kier molecular flexibility index (Phi) is 4.40. The molecule has 0 unspecified atom stereocenters. The minimum absolute atomic E-state index is 0.203. The van der Waals surface area contributed by atoms with Crippen LogP contribution in [-0.4, -0.2) is 29.0 Å². The van der Waals surface area contributed by atoms with Gasteiger partial charge in [-0.25, -0.2) is 0 Å². The van der Waals surface area contributed by atoms with Gasteiger partial charge in [-0.3, -0.25) is 4.79 Å². The van der Waals surface area contributed by atoms with Gasteiger partial charge in [-0.2, -0.15) is 0 Å². The smallest absolute Gasteiger partial charge is 0.226 e. The van der Waals surface area contributed by atoms with E-state index in [4.69, 9.17) is 0 Å². The monoisotopic (exact) mass is 208 g/mol. The number of amides is 1. The second kappa shape index (κ2) is 5.59. The van der Waals surface area contributed by atoms with Crippen molar-refractivity contribution in [2.24, 2.45) is 7.05 Å². The Hall–Kier alpha value is -1.25. The van der Waals surface area contributed by atoms with E-state index in [2.05, 4.69) is 6.92 Å². The third-order valence-corrected chi connectivity index (χ3v) is 2.52. The molecule has 0 saturated carbocycles. The van der Waals surface area contributed by atoms with Crippen LogP contribution in [0.1, 0.15) is 25.3 Å². The Bertz CT molecular complexity index is 317. The number of likely N-dealkylation sites (N-methyl/N-ethyl adjacent to an activating group) is 1. The van der Waals surface area contributed by atoms with Gasteiger partial charge in [-0.15, -0.1) is 0 Å². The van der Waals surface area contributed by atoms with Gasteiger partial charge in [0.2, 0.25) is 5.91 Å². The highest BCUT2D eigenvalue weighted by atomic mass is 16.2. The number of carbonyl (C=O) groups is 1. The standard InChI is InChI=1S/C12H20N2O/c1-4-5-7-14(3)12(15)9-11-6-8-13(2)10-11/h6,8,10H,4-5,7,9H2,1-3H3. The van der Waals surface area contributed by atoms with E-state index in [0.717, 1.165) is 24.9 Å². The fraction of sp³-hybridized carbons (Fsp3) is 0.583. The fourth-order valence-corrected chi connectivity index (χ4v) is 1.50. The van der Waals surface area contributed by atoms with Crippen LogP contribution in [0.4, 0.5) is 0 Å². The minimum Gasteiger partial charge on any atom is -0.357 e. The topological polar surface area (TPSA) is 25.2 Å². The van der Waals surface area contributed by atoms with E-state index in [9.17, 15) is 4.79 Å². The summed E-state index contributed by atoms with van der Waals surface area (Å²) >= 11 is 0. The summed E-state index contributed by atoms with van der Waals surface area (Å²) in [5, 5.41) is 0. The lowest BCUT2D eigenvalue weighted by atomic mass is 10.2. The first-order chi connectivity index (χ1) is 7.13. The fourth-order valence-electron chi connectivity index (χ4n) is 1.50. The number of hydrogen-bond donors (Lipinski definition) is 0. The average molecular weight is 208 g/mol. The highest BCUT2D eigenvalue weighted by Crippen LogP contribution is 2.03. The number of aryl methyl sites for hydroxylation is 1. The molecule has 1 amide bonds. The third kappa shape index (κ3) is 3.78. The van der Waals surface area contributed by atoms with Crippen molar-refractivity contribution in [2.75, 3.05) is 13.6 Å². The van der Waals surface area contributed by atoms with Crippen molar-refractivity contribution in [1.29, 1.82) is 0 Å². The van der Waals surface area contributed by atoms with E-state index in [0.29, 0.717) is 6.42 Å². The molecule has 0 aliphatic rings. The molecule has 0 spiro atoms. The van der Waals surface area contributed by atoms with Crippen molar-refractivity contribution >= 4 is 5.91 Å². The van der Waals surface area contributed by atoms with E-state index >= 15 is 0 Å². The summed E-state index contributed by atoms with van der Waals surface area (Å²) in [6, 6.07) is 1.99. The summed E-state index contributed by atoms with van der Waals surface area (Å²) in [4.78, 5) is 13.6. The molecule has 0 radical (unpaired) electrons. The van der Waals surface area contributed by atoms with Gasteiger partial charge >= 0.3 is 0 Å². The van der Waals surface area contributed by atoms with Gasteiger partial charge in [0.1, 0.15) is 0 Å². The number of rotatable bonds is 5. The molecule has 0 saturated heterocycles. The van der Waals surface area contributed by atoms with Crippen LogP contribution >= 0.6 is 0 Å². The van der Waals surface area contributed by atoms with Crippen molar-refractivity contribution in [3.8, 4) is 0 Å². The highest BCUT2D eigenvalue weighted by molar-refractivity contribution is 5.78. The molecule has 0 atom stereocenters. The third-order valence-electron chi connectivity index (χ3n) is 2.52. The molecule has 3 nitrogen and oxygen atoms in total. The first-order valence-electron chi connectivity index (χ1n) is 5.48. The van der Waals surface area contributed by atoms with E-state index in [1.165, 1.54) is 0 Å². The summed E-state index contributed by atoms with van der Waals surface area (Å²) in [6.45, 7) is 3.00. The zero-order chi connectivity index (χ0) is 11.3. The summed E-state index contributed by atoms with van der Waals surface area (Å²) in [5.74, 6) is 0.203. The number of hydrogen-bond acceptors (Lipinski definition) is 1. The quantitative estimate of drug-likeness (QED) is 0.724. The zero-order valence-electron chi connectivity index (χ0n) is 9.86. The van der Waals surface area contributed by atoms with Crippen molar-refractivity contribution in [2.45, 2.75) is 26.2 Å². The van der Waals surface area contributed by atoms with Gasteiger partial charge < -0.3 is 9.47 Å².